The van der Waals surface area contributed by atoms with Crippen LogP contribution in [-0.2, 0) is 6.54 Å². The summed E-state index contributed by atoms with van der Waals surface area (Å²) in [5.41, 5.74) is 3.19. The van der Waals surface area contributed by atoms with Gasteiger partial charge in [0.1, 0.15) is 5.82 Å². The van der Waals surface area contributed by atoms with Crippen molar-refractivity contribution >= 4 is 11.8 Å². The molecule has 0 saturated heterocycles. The van der Waals surface area contributed by atoms with Crippen LogP contribution in [0.2, 0.25) is 0 Å². The minimum absolute atomic E-state index is 0.0708. The van der Waals surface area contributed by atoms with E-state index in [0.717, 1.165) is 0 Å². The molecule has 0 aliphatic heterocycles. The summed E-state index contributed by atoms with van der Waals surface area (Å²) in [7, 11) is 0. The van der Waals surface area contributed by atoms with Crippen LogP contribution < -0.4 is 4.90 Å². The molecule has 3 rings (SSSR count). The average Bonchev–Trinajstić information content (AvgIpc) is 2.94. The van der Waals surface area contributed by atoms with E-state index in [4.69, 9.17) is 5.26 Å². The predicted molar refractivity (Wildman–Crippen MR) is 98.4 cm³/mol. The number of amides is 1. The topological polar surface area (TPSA) is 82.2 Å². The number of aromatic nitrogens is 2. The summed E-state index contributed by atoms with van der Waals surface area (Å²) in [6.07, 6.45) is -1.14. The Hall–Kier alpha value is -3.66. The maximum Gasteiger partial charge on any atom is 0.412 e. The van der Waals surface area contributed by atoms with Gasteiger partial charge in [-0.2, -0.15) is 10.4 Å². The average molecular weight is 364 g/mol. The Bertz CT molecular complexity index is 1050. The first-order chi connectivity index (χ1) is 12.9. The van der Waals surface area contributed by atoms with Gasteiger partial charge in [-0.3, -0.25) is 4.90 Å². The second-order valence-corrected chi connectivity index (χ2v) is 6.09. The molecule has 2 aromatic carbocycles. The summed E-state index contributed by atoms with van der Waals surface area (Å²) in [5, 5.41) is 23.2. The van der Waals surface area contributed by atoms with Crippen molar-refractivity contribution in [1.82, 2.24) is 9.78 Å². The number of rotatable bonds is 4. The maximum absolute atomic E-state index is 13.6. The second-order valence-electron chi connectivity index (χ2n) is 6.09. The lowest BCUT2D eigenvalue weighted by Crippen LogP contribution is -2.29. The highest BCUT2D eigenvalue weighted by atomic mass is 19.1. The molecular formula is C20H17FN4O2. The van der Waals surface area contributed by atoms with E-state index >= 15 is 0 Å². The minimum atomic E-state index is -1.14. The predicted octanol–water partition coefficient (Wildman–Crippen LogP) is 4.18. The highest BCUT2D eigenvalue weighted by Crippen LogP contribution is 2.28. The highest BCUT2D eigenvalue weighted by molar-refractivity contribution is 5.87. The van der Waals surface area contributed by atoms with Crippen molar-refractivity contribution in [3.05, 3.63) is 76.9 Å². The van der Waals surface area contributed by atoms with Gasteiger partial charge >= 0.3 is 6.09 Å². The molecule has 0 aliphatic rings. The number of carbonyl (C=O) groups is 1. The van der Waals surface area contributed by atoms with Crippen LogP contribution in [-0.4, -0.2) is 21.0 Å². The number of halogens is 1. The van der Waals surface area contributed by atoms with Crippen LogP contribution in [0.15, 0.2) is 48.5 Å². The molecule has 0 unspecified atom stereocenters. The number of nitrogens with zero attached hydrogens (tertiary/aromatic N) is 4. The fourth-order valence-corrected chi connectivity index (χ4v) is 3.05. The zero-order valence-corrected chi connectivity index (χ0v) is 14.8. The van der Waals surface area contributed by atoms with E-state index in [-0.39, 0.29) is 6.54 Å². The number of anilines is 1. The molecule has 0 atom stereocenters. The summed E-state index contributed by atoms with van der Waals surface area (Å²) in [5.74, 6) is -0.398. The van der Waals surface area contributed by atoms with Crippen molar-refractivity contribution in [2.75, 3.05) is 4.90 Å². The van der Waals surface area contributed by atoms with Gasteiger partial charge in [-0.05, 0) is 49.7 Å². The lowest BCUT2D eigenvalue weighted by atomic mass is 10.1. The zero-order chi connectivity index (χ0) is 19.6. The van der Waals surface area contributed by atoms with Crippen molar-refractivity contribution in [1.29, 1.82) is 5.26 Å². The van der Waals surface area contributed by atoms with Gasteiger partial charge in [-0.15, -0.1) is 0 Å². The first-order valence-electron chi connectivity index (χ1n) is 8.22. The summed E-state index contributed by atoms with van der Waals surface area (Å²) >= 11 is 0. The first-order valence-corrected chi connectivity index (χ1v) is 8.22. The smallest absolute Gasteiger partial charge is 0.412 e. The van der Waals surface area contributed by atoms with E-state index in [1.165, 1.54) is 21.7 Å². The third-order valence-electron chi connectivity index (χ3n) is 4.20. The largest absolute Gasteiger partial charge is 0.465 e. The van der Waals surface area contributed by atoms with Gasteiger partial charge in [-0.1, -0.05) is 18.2 Å². The van der Waals surface area contributed by atoms with Gasteiger partial charge in [-0.25, -0.2) is 13.9 Å². The number of nitriles is 1. The molecule has 0 saturated carbocycles. The summed E-state index contributed by atoms with van der Waals surface area (Å²) < 4.78 is 15.1. The number of aryl methyl sites for hydroxylation is 1. The van der Waals surface area contributed by atoms with E-state index in [2.05, 4.69) is 5.10 Å². The van der Waals surface area contributed by atoms with Crippen LogP contribution >= 0.6 is 0 Å². The number of carboxylic acid groups (broad SMARTS) is 1. The van der Waals surface area contributed by atoms with Gasteiger partial charge in [0.2, 0.25) is 0 Å². The van der Waals surface area contributed by atoms with Crippen LogP contribution in [0, 0.1) is 31.0 Å². The van der Waals surface area contributed by atoms with Crippen LogP contribution in [0.4, 0.5) is 14.9 Å². The molecule has 6 nitrogen and oxygen atoms in total. The monoisotopic (exact) mass is 364 g/mol. The summed E-state index contributed by atoms with van der Waals surface area (Å²) in [6, 6.07) is 14.8. The van der Waals surface area contributed by atoms with E-state index in [9.17, 15) is 14.3 Å². The molecule has 1 amide bonds. The molecule has 0 radical (unpaired) electrons. The maximum atomic E-state index is 13.6. The number of hydrogen-bond donors (Lipinski definition) is 1. The first kappa shape index (κ1) is 18.1. The highest BCUT2D eigenvalue weighted by Gasteiger charge is 2.24. The lowest BCUT2D eigenvalue weighted by molar-refractivity contribution is 0.201. The third kappa shape index (κ3) is 3.65. The van der Waals surface area contributed by atoms with E-state index < -0.39 is 11.9 Å². The Kier molecular flexibility index (Phi) is 4.90. The van der Waals surface area contributed by atoms with Gasteiger partial charge in [0.15, 0.2) is 0 Å². The van der Waals surface area contributed by atoms with Crippen molar-refractivity contribution in [2.24, 2.45) is 0 Å². The number of hydrogen-bond acceptors (Lipinski definition) is 3. The quantitative estimate of drug-likeness (QED) is 0.753. The van der Waals surface area contributed by atoms with Crippen LogP contribution in [0.25, 0.3) is 5.69 Å². The van der Waals surface area contributed by atoms with Gasteiger partial charge < -0.3 is 5.11 Å². The molecule has 3 aromatic rings. The molecule has 7 heteroatoms. The lowest BCUT2D eigenvalue weighted by Gasteiger charge is -2.20. The molecule has 1 N–H and O–H groups in total. The SMILES string of the molecule is Cc1nn(-c2cccc(F)c2)c(C)c1N(Cc1cccc(C#N)c1)C(=O)O. The normalized spacial score (nSPS) is 10.4. The fraction of sp³-hybridized carbons (Fsp3) is 0.150. The van der Waals surface area contributed by atoms with Crippen LogP contribution in [0.5, 0.6) is 0 Å². The molecule has 27 heavy (non-hydrogen) atoms. The standard InChI is InChI=1S/C20H17FN4O2/c1-13-19(14(2)25(23-13)18-8-4-7-17(21)10-18)24(20(26)27)12-16-6-3-5-15(9-16)11-22/h3-10H,12H2,1-2H3,(H,26,27). The number of benzene rings is 2. The van der Waals surface area contributed by atoms with E-state index in [1.54, 1.807) is 50.2 Å². The molecule has 1 heterocycles. The summed E-state index contributed by atoms with van der Waals surface area (Å²) in [6.45, 7) is 3.52. The van der Waals surface area contributed by atoms with Gasteiger partial charge in [0, 0.05) is 0 Å². The van der Waals surface area contributed by atoms with E-state index in [0.29, 0.717) is 33.9 Å². The van der Waals surface area contributed by atoms with Crippen molar-refractivity contribution in [3.8, 4) is 11.8 Å². The molecule has 0 fully saturated rings. The van der Waals surface area contributed by atoms with Crippen LogP contribution in [0.1, 0.15) is 22.5 Å². The zero-order valence-electron chi connectivity index (χ0n) is 14.8. The molecular weight excluding hydrogens is 347 g/mol. The van der Waals surface area contributed by atoms with Gasteiger partial charge in [0.25, 0.3) is 0 Å². The molecule has 0 aliphatic carbocycles. The Morgan fingerprint density at radius 3 is 2.67 bits per heavy atom. The fourth-order valence-electron chi connectivity index (χ4n) is 3.05. The van der Waals surface area contributed by atoms with Crippen LogP contribution in [0.3, 0.4) is 0 Å². The molecule has 1 aromatic heterocycles. The Labute approximate surface area is 155 Å². The second kappa shape index (κ2) is 7.30. The van der Waals surface area contributed by atoms with Crippen molar-refractivity contribution in [2.45, 2.75) is 20.4 Å². The third-order valence-corrected chi connectivity index (χ3v) is 4.20. The minimum Gasteiger partial charge on any atom is -0.465 e. The molecule has 0 spiro atoms. The van der Waals surface area contributed by atoms with Crippen molar-refractivity contribution in [3.63, 3.8) is 0 Å². The Balaban J connectivity index is 2.04. The molecule has 136 valence electrons. The van der Waals surface area contributed by atoms with Gasteiger partial charge in [0.05, 0.1) is 40.9 Å². The molecule has 0 bridgehead atoms. The van der Waals surface area contributed by atoms with E-state index in [1.807, 2.05) is 6.07 Å². The Morgan fingerprint density at radius 1 is 1.26 bits per heavy atom. The van der Waals surface area contributed by atoms with Crippen molar-refractivity contribution < 1.29 is 14.3 Å². The Morgan fingerprint density at radius 2 is 2.00 bits per heavy atom. The summed E-state index contributed by atoms with van der Waals surface area (Å²) in [4.78, 5) is 13.1.